The number of amides is 1. The molecule has 6 heteroatoms. The number of hydrogen-bond acceptors (Lipinski definition) is 4. The first-order valence-electron chi connectivity index (χ1n) is 9.36. The number of benzene rings is 2. The van der Waals surface area contributed by atoms with Gasteiger partial charge in [-0.3, -0.25) is 9.80 Å². The first-order chi connectivity index (χ1) is 13.2. The molecule has 2 aliphatic rings. The van der Waals surface area contributed by atoms with E-state index in [0.717, 1.165) is 42.9 Å². The highest BCUT2D eigenvalue weighted by Crippen LogP contribution is 2.32. The van der Waals surface area contributed by atoms with Crippen molar-refractivity contribution in [3.05, 3.63) is 66.0 Å². The molecule has 1 N–H and O–H groups in total. The molecule has 2 aliphatic heterocycles. The third-order valence-corrected chi connectivity index (χ3v) is 5.60. The second-order valence-corrected chi connectivity index (χ2v) is 7.50. The van der Waals surface area contributed by atoms with Crippen molar-refractivity contribution >= 4 is 17.1 Å². The lowest BCUT2D eigenvalue weighted by Gasteiger charge is -2.44. The molecule has 3 aromatic rings. The van der Waals surface area contributed by atoms with Crippen LogP contribution in [0.2, 0.25) is 0 Å². The first kappa shape index (κ1) is 16.3. The van der Waals surface area contributed by atoms with Gasteiger partial charge < -0.3 is 9.72 Å². The molecule has 0 spiro atoms. The Morgan fingerprint density at radius 3 is 2.74 bits per heavy atom. The van der Waals surface area contributed by atoms with Gasteiger partial charge in [-0.2, -0.15) is 0 Å². The summed E-state index contributed by atoms with van der Waals surface area (Å²) in [6.45, 7) is 3.48. The minimum atomic E-state index is -0.303. The molecule has 0 bridgehead atoms. The summed E-state index contributed by atoms with van der Waals surface area (Å²) in [6.07, 6.45) is 0.616. The van der Waals surface area contributed by atoms with Crippen molar-refractivity contribution in [2.45, 2.75) is 18.5 Å². The molecule has 1 amide bonds. The second kappa shape index (κ2) is 6.39. The number of ether oxygens (including phenoxy) is 1. The molecule has 1 aromatic heterocycles. The van der Waals surface area contributed by atoms with Crippen molar-refractivity contribution in [2.75, 3.05) is 26.2 Å². The van der Waals surface area contributed by atoms with Gasteiger partial charge in [-0.25, -0.2) is 9.78 Å². The van der Waals surface area contributed by atoms with Crippen LogP contribution in [0.15, 0.2) is 54.6 Å². The van der Waals surface area contributed by atoms with Crippen LogP contribution in [0.1, 0.15) is 11.4 Å². The molecule has 5 rings (SSSR count). The zero-order valence-corrected chi connectivity index (χ0v) is 15.1. The van der Waals surface area contributed by atoms with Gasteiger partial charge in [0.2, 0.25) is 0 Å². The highest BCUT2D eigenvalue weighted by Gasteiger charge is 2.50. The molecule has 27 heavy (non-hydrogen) atoms. The number of aromatic amines is 1. The van der Waals surface area contributed by atoms with Crippen LogP contribution in [0.25, 0.3) is 11.0 Å². The number of nitrogens with zero attached hydrogens (tertiary/aromatic N) is 3. The van der Waals surface area contributed by atoms with Gasteiger partial charge in [0.25, 0.3) is 0 Å². The lowest BCUT2D eigenvalue weighted by molar-refractivity contribution is 0.0465. The summed E-state index contributed by atoms with van der Waals surface area (Å²) in [4.78, 5) is 24.7. The first-order valence-corrected chi connectivity index (χ1v) is 9.36. The van der Waals surface area contributed by atoms with Crippen molar-refractivity contribution < 1.29 is 9.53 Å². The third-order valence-electron chi connectivity index (χ3n) is 5.60. The van der Waals surface area contributed by atoms with Gasteiger partial charge in [0.1, 0.15) is 12.4 Å². The topological polar surface area (TPSA) is 61.5 Å². The standard InChI is InChI=1S/C21H22N4O2/c26-20-25-11-10-24(13-19-22-17-8-4-5-9-18(17)23-19)14-21(25,15-27-20)12-16-6-2-1-3-7-16/h1-9H,10-15H2,(H,22,23). The van der Waals surface area contributed by atoms with Crippen LogP contribution >= 0.6 is 0 Å². The van der Waals surface area contributed by atoms with Crippen molar-refractivity contribution in [3.8, 4) is 0 Å². The predicted octanol–water partition coefficient (Wildman–Crippen LogP) is 2.81. The minimum absolute atomic E-state index is 0.186. The monoisotopic (exact) mass is 362 g/mol. The largest absolute Gasteiger partial charge is 0.447 e. The molecular formula is C21H22N4O2. The zero-order valence-electron chi connectivity index (χ0n) is 15.1. The van der Waals surface area contributed by atoms with Crippen LogP contribution in [-0.4, -0.2) is 57.6 Å². The van der Waals surface area contributed by atoms with Crippen molar-refractivity contribution in [3.63, 3.8) is 0 Å². The highest BCUT2D eigenvalue weighted by molar-refractivity contribution is 5.74. The van der Waals surface area contributed by atoms with Gasteiger partial charge in [-0.1, -0.05) is 42.5 Å². The number of imidazole rings is 1. The summed E-state index contributed by atoms with van der Waals surface area (Å²) in [5, 5.41) is 0. The van der Waals surface area contributed by atoms with Crippen LogP contribution in [0, 0.1) is 0 Å². The summed E-state index contributed by atoms with van der Waals surface area (Å²) in [5.41, 5.74) is 2.98. The maximum Gasteiger partial charge on any atom is 0.410 e. The summed E-state index contributed by atoms with van der Waals surface area (Å²) in [7, 11) is 0. The Kier molecular flexibility index (Phi) is 3.86. The van der Waals surface area contributed by atoms with Crippen LogP contribution < -0.4 is 0 Å². The van der Waals surface area contributed by atoms with Gasteiger partial charge in [-0.15, -0.1) is 0 Å². The Bertz CT molecular complexity index is 937. The normalized spacial score (nSPS) is 22.8. The van der Waals surface area contributed by atoms with E-state index in [1.165, 1.54) is 5.56 Å². The molecule has 138 valence electrons. The summed E-state index contributed by atoms with van der Waals surface area (Å²) in [5.74, 6) is 0.963. The van der Waals surface area contributed by atoms with Gasteiger partial charge in [0.05, 0.1) is 23.1 Å². The van der Waals surface area contributed by atoms with E-state index in [1.807, 2.05) is 47.4 Å². The van der Waals surface area contributed by atoms with Gasteiger partial charge in [0, 0.05) is 26.1 Å². The second-order valence-electron chi connectivity index (χ2n) is 7.50. The number of hydrogen-bond donors (Lipinski definition) is 1. The van der Waals surface area contributed by atoms with Crippen LogP contribution in [0.5, 0.6) is 0 Å². The van der Waals surface area contributed by atoms with E-state index in [9.17, 15) is 4.79 Å². The fourth-order valence-corrected chi connectivity index (χ4v) is 4.35. The number of para-hydroxylation sites is 2. The minimum Gasteiger partial charge on any atom is -0.447 e. The molecule has 2 fully saturated rings. The van der Waals surface area contributed by atoms with Gasteiger partial charge in [0.15, 0.2) is 0 Å². The molecule has 1 unspecified atom stereocenters. The lowest BCUT2D eigenvalue weighted by atomic mass is 9.88. The number of cyclic esters (lactones) is 1. The fraction of sp³-hybridized carbons (Fsp3) is 0.333. The molecule has 0 saturated carbocycles. The summed E-state index contributed by atoms with van der Waals surface area (Å²) < 4.78 is 5.46. The Hall–Kier alpha value is -2.86. The maximum absolute atomic E-state index is 12.3. The van der Waals surface area contributed by atoms with Crippen molar-refractivity contribution in [1.29, 1.82) is 0 Å². The van der Waals surface area contributed by atoms with Crippen LogP contribution in [0.3, 0.4) is 0 Å². The molecule has 0 aliphatic carbocycles. The SMILES string of the molecule is O=C1OCC2(Cc3ccccc3)CN(Cc3nc4ccccc4[nH]3)CCN12. The van der Waals surface area contributed by atoms with E-state index in [-0.39, 0.29) is 11.6 Å². The number of H-pyrrole nitrogens is 1. The average molecular weight is 362 g/mol. The molecule has 3 heterocycles. The molecule has 6 nitrogen and oxygen atoms in total. The molecular weight excluding hydrogens is 340 g/mol. The Morgan fingerprint density at radius 1 is 1.07 bits per heavy atom. The van der Waals surface area contributed by atoms with E-state index < -0.39 is 0 Å². The number of carbonyl (C=O) groups is 1. The van der Waals surface area contributed by atoms with E-state index in [0.29, 0.717) is 13.2 Å². The number of rotatable bonds is 4. The Balaban J connectivity index is 1.38. The predicted molar refractivity (Wildman–Crippen MR) is 102 cm³/mol. The smallest absolute Gasteiger partial charge is 0.410 e. The van der Waals surface area contributed by atoms with Gasteiger partial charge >= 0.3 is 6.09 Å². The van der Waals surface area contributed by atoms with E-state index in [2.05, 4.69) is 22.0 Å². The van der Waals surface area contributed by atoms with Crippen molar-refractivity contribution in [1.82, 2.24) is 19.8 Å². The molecule has 2 aromatic carbocycles. The number of aromatic nitrogens is 2. The lowest BCUT2D eigenvalue weighted by Crippen LogP contribution is -2.62. The number of piperazine rings is 1. The highest BCUT2D eigenvalue weighted by atomic mass is 16.6. The number of carbonyl (C=O) groups excluding carboxylic acids is 1. The summed E-state index contributed by atoms with van der Waals surface area (Å²) >= 11 is 0. The van der Waals surface area contributed by atoms with Gasteiger partial charge in [-0.05, 0) is 17.7 Å². The van der Waals surface area contributed by atoms with E-state index in [4.69, 9.17) is 9.72 Å². The fourth-order valence-electron chi connectivity index (χ4n) is 4.35. The summed E-state index contributed by atoms with van der Waals surface area (Å²) in [6, 6.07) is 18.4. The maximum atomic E-state index is 12.3. The number of fused-ring (bicyclic) bond motifs is 2. The average Bonchev–Trinajstić information content (AvgIpc) is 3.23. The van der Waals surface area contributed by atoms with Crippen LogP contribution in [0.4, 0.5) is 4.79 Å². The van der Waals surface area contributed by atoms with E-state index >= 15 is 0 Å². The van der Waals surface area contributed by atoms with Crippen molar-refractivity contribution in [2.24, 2.45) is 0 Å². The number of nitrogens with one attached hydrogen (secondary N) is 1. The van der Waals surface area contributed by atoms with E-state index in [1.54, 1.807) is 0 Å². The third kappa shape index (κ3) is 2.96. The van der Waals surface area contributed by atoms with Crippen LogP contribution in [-0.2, 0) is 17.7 Å². The Morgan fingerprint density at radius 2 is 1.89 bits per heavy atom. The zero-order chi connectivity index (χ0) is 18.3. The molecule has 2 saturated heterocycles. The quantitative estimate of drug-likeness (QED) is 0.775. The Labute approximate surface area is 157 Å². The molecule has 1 atom stereocenters. The molecule has 0 radical (unpaired) electrons.